The summed E-state index contributed by atoms with van der Waals surface area (Å²) in [7, 11) is 1.96. The molecular formula is C19H21N5. The van der Waals surface area contributed by atoms with E-state index >= 15 is 0 Å². The van der Waals surface area contributed by atoms with Crippen molar-refractivity contribution in [3.05, 3.63) is 71.4 Å². The minimum absolute atomic E-state index is 0.591. The lowest BCUT2D eigenvalue weighted by Gasteiger charge is -2.17. The Labute approximate surface area is 142 Å². The fourth-order valence-corrected chi connectivity index (χ4v) is 2.54. The van der Waals surface area contributed by atoms with Gasteiger partial charge in [0.05, 0.1) is 6.20 Å². The first-order chi connectivity index (χ1) is 11.6. The fourth-order valence-electron chi connectivity index (χ4n) is 2.54. The van der Waals surface area contributed by atoms with Crippen LogP contribution in [0.5, 0.6) is 0 Å². The van der Waals surface area contributed by atoms with Gasteiger partial charge < -0.3 is 10.2 Å². The van der Waals surface area contributed by atoms with Crippen LogP contribution in [0.15, 0.2) is 54.7 Å². The van der Waals surface area contributed by atoms with Crippen molar-refractivity contribution < 1.29 is 0 Å². The maximum absolute atomic E-state index is 4.57. The predicted molar refractivity (Wildman–Crippen MR) is 97.6 cm³/mol. The summed E-state index contributed by atoms with van der Waals surface area (Å²) in [6.07, 6.45) is 1.64. The number of aryl methyl sites for hydroxylation is 2. The van der Waals surface area contributed by atoms with E-state index in [0.717, 1.165) is 12.2 Å². The molecule has 3 rings (SSSR count). The molecule has 0 saturated carbocycles. The van der Waals surface area contributed by atoms with Crippen LogP contribution < -0.4 is 10.2 Å². The molecule has 1 heterocycles. The van der Waals surface area contributed by atoms with Gasteiger partial charge in [-0.15, -0.1) is 5.10 Å². The van der Waals surface area contributed by atoms with Crippen LogP contribution in [0.4, 0.5) is 17.5 Å². The Kier molecular flexibility index (Phi) is 4.70. The maximum atomic E-state index is 4.57. The Hall–Kier alpha value is -2.95. The van der Waals surface area contributed by atoms with E-state index in [1.807, 2.05) is 30.1 Å². The zero-order valence-electron chi connectivity index (χ0n) is 14.2. The third-order valence-electron chi connectivity index (χ3n) is 3.80. The second kappa shape index (κ2) is 7.08. The van der Waals surface area contributed by atoms with Gasteiger partial charge in [-0.1, -0.05) is 48.0 Å². The molecule has 0 bridgehead atoms. The minimum atomic E-state index is 0.591. The van der Waals surface area contributed by atoms with E-state index in [1.54, 1.807) is 6.20 Å². The monoisotopic (exact) mass is 319 g/mol. The molecule has 0 spiro atoms. The van der Waals surface area contributed by atoms with Crippen molar-refractivity contribution in [3.63, 3.8) is 0 Å². The number of rotatable bonds is 5. The molecule has 0 aliphatic heterocycles. The number of anilines is 3. The van der Waals surface area contributed by atoms with Crippen molar-refractivity contribution >= 4 is 17.5 Å². The highest BCUT2D eigenvalue weighted by Crippen LogP contribution is 2.20. The molecule has 0 radical (unpaired) electrons. The van der Waals surface area contributed by atoms with Gasteiger partial charge in [0.1, 0.15) is 0 Å². The SMILES string of the molecule is Cc1ccc(Nc2cnnc(N(C)Cc3ccccc3)n2)c(C)c1. The zero-order chi connectivity index (χ0) is 16.9. The number of nitrogens with one attached hydrogen (secondary N) is 1. The van der Waals surface area contributed by atoms with Crippen molar-refractivity contribution in [1.29, 1.82) is 0 Å². The number of hydrogen-bond acceptors (Lipinski definition) is 5. The fraction of sp³-hybridized carbons (Fsp3) is 0.211. The number of nitrogens with zero attached hydrogens (tertiary/aromatic N) is 4. The van der Waals surface area contributed by atoms with Gasteiger partial charge in [0, 0.05) is 19.3 Å². The van der Waals surface area contributed by atoms with E-state index in [1.165, 1.54) is 16.7 Å². The molecular weight excluding hydrogens is 298 g/mol. The molecule has 0 fully saturated rings. The van der Waals surface area contributed by atoms with Gasteiger partial charge >= 0.3 is 0 Å². The zero-order valence-corrected chi connectivity index (χ0v) is 14.2. The smallest absolute Gasteiger partial charge is 0.247 e. The highest BCUT2D eigenvalue weighted by Gasteiger charge is 2.08. The van der Waals surface area contributed by atoms with Crippen LogP contribution in [0.25, 0.3) is 0 Å². The Morgan fingerprint density at radius 3 is 2.58 bits per heavy atom. The Bertz CT molecular complexity index is 817. The summed E-state index contributed by atoms with van der Waals surface area (Å²) in [6.45, 7) is 4.89. The van der Waals surface area contributed by atoms with Crippen LogP contribution in [0.3, 0.4) is 0 Å². The average Bonchev–Trinajstić information content (AvgIpc) is 2.59. The Balaban J connectivity index is 1.76. The standard InChI is InChI=1S/C19H21N5/c1-14-9-10-17(15(2)11-14)21-18-12-20-23-19(22-18)24(3)13-16-7-5-4-6-8-16/h4-12H,13H2,1-3H3,(H,21,22,23). The van der Waals surface area contributed by atoms with E-state index in [-0.39, 0.29) is 0 Å². The largest absolute Gasteiger partial charge is 0.339 e. The summed E-state index contributed by atoms with van der Waals surface area (Å²) in [5, 5.41) is 11.5. The molecule has 122 valence electrons. The molecule has 0 aliphatic rings. The van der Waals surface area contributed by atoms with E-state index in [4.69, 9.17) is 0 Å². The van der Waals surface area contributed by atoms with Crippen LogP contribution in [-0.2, 0) is 6.54 Å². The molecule has 0 amide bonds. The second-order valence-corrected chi connectivity index (χ2v) is 5.93. The first kappa shape index (κ1) is 15.9. The van der Waals surface area contributed by atoms with E-state index in [2.05, 4.69) is 64.7 Å². The van der Waals surface area contributed by atoms with Crippen LogP contribution in [0.2, 0.25) is 0 Å². The first-order valence-electron chi connectivity index (χ1n) is 7.91. The van der Waals surface area contributed by atoms with Crippen molar-refractivity contribution in [1.82, 2.24) is 15.2 Å². The molecule has 0 saturated heterocycles. The van der Waals surface area contributed by atoms with Crippen LogP contribution in [0, 0.1) is 13.8 Å². The summed E-state index contributed by atoms with van der Waals surface area (Å²) < 4.78 is 0. The third-order valence-corrected chi connectivity index (χ3v) is 3.80. The van der Waals surface area contributed by atoms with Crippen LogP contribution in [0.1, 0.15) is 16.7 Å². The van der Waals surface area contributed by atoms with Gasteiger partial charge in [-0.05, 0) is 31.0 Å². The Morgan fingerprint density at radius 2 is 1.83 bits per heavy atom. The minimum Gasteiger partial charge on any atom is -0.339 e. The van der Waals surface area contributed by atoms with Crippen molar-refractivity contribution in [2.75, 3.05) is 17.3 Å². The molecule has 24 heavy (non-hydrogen) atoms. The lowest BCUT2D eigenvalue weighted by atomic mass is 10.1. The summed E-state index contributed by atoms with van der Waals surface area (Å²) in [5.41, 5.74) is 4.64. The summed E-state index contributed by atoms with van der Waals surface area (Å²) in [4.78, 5) is 6.55. The molecule has 5 nitrogen and oxygen atoms in total. The normalized spacial score (nSPS) is 10.5. The molecule has 5 heteroatoms. The van der Waals surface area contributed by atoms with Crippen LogP contribution in [-0.4, -0.2) is 22.2 Å². The summed E-state index contributed by atoms with van der Waals surface area (Å²) >= 11 is 0. The summed E-state index contributed by atoms with van der Waals surface area (Å²) in [5.74, 6) is 1.28. The first-order valence-corrected chi connectivity index (χ1v) is 7.91. The number of benzene rings is 2. The van der Waals surface area contributed by atoms with Gasteiger partial charge in [-0.25, -0.2) is 0 Å². The third kappa shape index (κ3) is 3.87. The molecule has 3 aromatic rings. The lowest BCUT2D eigenvalue weighted by Crippen LogP contribution is -2.20. The highest BCUT2D eigenvalue weighted by molar-refractivity contribution is 5.60. The Morgan fingerprint density at radius 1 is 1.04 bits per heavy atom. The molecule has 1 aromatic heterocycles. The number of hydrogen-bond donors (Lipinski definition) is 1. The van der Waals surface area contributed by atoms with E-state index in [9.17, 15) is 0 Å². The molecule has 0 unspecified atom stereocenters. The van der Waals surface area contributed by atoms with Crippen molar-refractivity contribution in [3.8, 4) is 0 Å². The van der Waals surface area contributed by atoms with Gasteiger partial charge in [-0.3, -0.25) is 0 Å². The van der Waals surface area contributed by atoms with E-state index in [0.29, 0.717) is 11.8 Å². The molecule has 1 N–H and O–H groups in total. The average molecular weight is 319 g/mol. The van der Waals surface area contributed by atoms with E-state index < -0.39 is 0 Å². The van der Waals surface area contributed by atoms with Gasteiger partial charge in [-0.2, -0.15) is 10.1 Å². The van der Waals surface area contributed by atoms with Gasteiger partial charge in [0.2, 0.25) is 5.95 Å². The second-order valence-electron chi connectivity index (χ2n) is 5.93. The molecule has 2 aromatic carbocycles. The van der Waals surface area contributed by atoms with Gasteiger partial charge in [0.15, 0.2) is 5.82 Å². The quantitative estimate of drug-likeness (QED) is 0.773. The highest BCUT2D eigenvalue weighted by atomic mass is 15.3. The predicted octanol–water partition coefficient (Wildman–Crippen LogP) is 3.87. The molecule has 0 aliphatic carbocycles. The van der Waals surface area contributed by atoms with Crippen molar-refractivity contribution in [2.45, 2.75) is 20.4 Å². The number of aromatic nitrogens is 3. The molecule has 0 atom stereocenters. The lowest BCUT2D eigenvalue weighted by molar-refractivity contribution is 0.831. The summed E-state index contributed by atoms with van der Waals surface area (Å²) in [6, 6.07) is 16.5. The van der Waals surface area contributed by atoms with Gasteiger partial charge in [0.25, 0.3) is 0 Å². The topological polar surface area (TPSA) is 53.9 Å². The maximum Gasteiger partial charge on any atom is 0.247 e. The van der Waals surface area contributed by atoms with Crippen LogP contribution >= 0.6 is 0 Å². The van der Waals surface area contributed by atoms with Crippen molar-refractivity contribution in [2.24, 2.45) is 0 Å².